The largest absolute Gasteiger partial charge is 0.311 e. The minimum atomic E-state index is -0.227. The molecule has 124 heavy (non-hydrogen) atoms. The third kappa shape index (κ3) is 13.0. The van der Waals surface area contributed by atoms with Gasteiger partial charge in [0.05, 0.1) is 38.8 Å². The van der Waals surface area contributed by atoms with Crippen LogP contribution in [-0.4, -0.2) is 20.4 Å². The number of nitrogens with zero attached hydrogens (tertiary/aromatic N) is 5. The molecular formula is C118H126BN5. The van der Waals surface area contributed by atoms with E-state index in [1.54, 1.807) is 0 Å². The molecule has 0 unspecified atom stereocenters. The van der Waals surface area contributed by atoms with E-state index in [1.165, 1.54) is 173 Å². The van der Waals surface area contributed by atoms with Crippen LogP contribution in [0.25, 0.3) is 105 Å². The molecule has 20 rings (SSSR count). The molecule has 0 saturated heterocycles. The molecule has 5 heterocycles. The van der Waals surface area contributed by atoms with Gasteiger partial charge in [-0.2, -0.15) is 0 Å². The van der Waals surface area contributed by atoms with E-state index in [-0.39, 0.29) is 60.9 Å². The highest BCUT2D eigenvalue weighted by molar-refractivity contribution is 7.00. The van der Waals surface area contributed by atoms with Crippen LogP contribution in [-0.2, 0) is 54.1 Å². The average molecular weight is 1630 g/mol. The fraction of sp³-hybridized carbons (Fsp3) is 0.339. The molecule has 16 aromatic rings. The first-order valence-electron chi connectivity index (χ1n) is 46.1. The first-order chi connectivity index (χ1) is 58.2. The maximum atomic E-state index is 2.68. The van der Waals surface area contributed by atoms with E-state index >= 15 is 0 Å². The first kappa shape index (κ1) is 81.3. The molecule has 5 nitrogen and oxygen atoms in total. The molecular weight excluding hydrogens is 1500 g/mol. The first-order valence-corrected chi connectivity index (χ1v) is 46.1. The molecule has 4 aliphatic rings. The van der Waals surface area contributed by atoms with Gasteiger partial charge in [-0.05, 0) is 308 Å². The van der Waals surface area contributed by atoms with Gasteiger partial charge in [-0.15, -0.1) is 0 Å². The Labute approximate surface area is 738 Å². The average Bonchev–Trinajstić information content (AvgIpc) is 0.979. The van der Waals surface area contributed by atoms with Crippen molar-refractivity contribution in [1.82, 2.24) is 13.7 Å². The number of hydrogen-bond acceptors (Lipinski definition) is 2. The van der Waals surface area contributed by atoms with Crippen molar-refractivity contribution < 1.29 is 0 Å². The second-order valence-corrected chi connectivity index (χ2v) is 46.5. The van der Waals surface area contributed by atoms with Crippen LogP contribution in [0.3, 0.4) is 0 Å². The highest BCUT2D eigenvalue weighted by Crippen LogP contribution is 2.54. The lowest BCUT2D eigenvalue weighted by Crippen LogP contribution is -2.61. The maximum Gasteiger partial charge on any atom is 0.252 e. The quantitative estimate of drug-likeness (QED) is 0.148. The minimum Gasteiger partial charge on any atom is -0.311 e. The van der Waals surface area contributed by atoms with Crippen LogP contribution >= 0.6 is 0 Å². The normalized spacial score (nSPS) is 16.2. The molecule has 0 amide bonds. The Morgan fingerprint density at radius 3 is 0.718 bits per heavy atom. The summed E-state index contributed by atoms with van der Waals surface area (Å²) in [6.45, 7) is 61.7. The van der Waals surface area contributed by atoms with E-state index in [2.05, 4.69) is 446 Å². The van der Waals surface area contributed by atoms with Crippen molar-refractivity contribution in [3.63, 3.8) is 0 Å². The van der Waals surface area contributed by atoms with Crippen molar-refractivity contribution in [2.45, 2.75) is 260 Å². The van der Waals surface area contributed by atoms with Crippen LogP contribution in [0.4, 0.5) is 34.1 Å². The fourth-order valence-corrected chi connectivity index (χ4v) is 21.8. The number of aromatic nitrogens is 3. The molecule has 0 spiro atoms. The van der Waals surface area contributed by atoms with E-state index in [0.717, 1.165) is 64.0 Å². The number of rotatable bonds is 7. The van der Waals surface area contributed by atoms with Crippen molar-refractivity contribution in [1.29, 1.82) is 0 Å². The van der Waals surface area contributed by atoms with Crippen LogP contribution < -0.4 is 26.2 Å². The van der Waals surface area contributed by atoms with Gasteiger partial charge >= 0.3 is 0 Å². The Bertz CT molecular complexity index is 6590. The lowest BCUT2D eigenvalue weighted by molar-refractivity contribution is 0.332. The molecule has 3 aromatic heterocycles. The van der Waals surface area contributed by atoms with Crippen molar-refractivity contribution >= 4 is 123 Å². The molecule has 0 fully saturated rings. The van der Waals surface area contributed by atoms with Crippen molar-refractivity contribution in [2.24, 2.45) is 0 Å². The van der Waals surface area contributed by atoms with Gasteiger partial charge in [-0.25, -0.2) is 0 Å². The monoisotopic (exact) mass is 1620 g/mol. The molecule has 6 heteroatoms. The Hall–Kier alpha value is -11.1. The van der Waals surface area contributed by atoms with Gasteiger partial charge in [0.25, 0.3) is 6.71 Å². The molecule has 13 aromatic carbocycles. The Balaban J connectivity index is 0.906. The second-order valence-electron chi connectivity index (χ2n) is 46.5. The van der Waals surface area contributed by atoms with Crippen LogP contribution in [0.15, 0.2) is 243 Å². The Morgan fingerprint density at radius 2 is 0.452 bits per heavy atom. The zero-order chi connectivity index (χ0) is 87.5. The van der Waals surface area contributed by atoms with Crippen molar-refractivity contribution in [2.75, 3.05) is 9.80 Å². The SMILES string of the molecule is CC(C)(C)c1ccc2c(c1)c1cc(C(C)(C)C)ccc1n2-c1ccc2c(c1)N(c1ccc(-c3ccc4c(c3)C(C)(C)CCC4(C)C)cc1)c1cc(-n3c4ccc(C(C)(C)C)cc4c4cc(C(C)(C)C)ccc43)cc3c1B2c1ccc(-n2c4ccc(C(C)(C)C)cc4c4cc(C(C)(C)C)ccc42)cc1N3c1ccc(-c2ccc3c(c2)C(C)(C)CCC3(C)C)cc1. The van der Waals surface area contributed by atoms with Gasteiger partial charge in [0.1, 0.15) is 0 Å². The smallest absolute Gasteiger partial charge is 0.252 e. The van der Waals surface area contributed by atoms with Crippen LogP contribution in [0.1, 0.15) is 261 Å². The zero-order valence-corrected chi connectivity index (χ0v) is 78.7. The van der Waals surface area contributed by atoms with E-state index in [9.17, 15) is 0 Å². The molecule has 0 bridgehead atoms. The standard InChI is InChI=1S/C118H126BN5/c1-109(2,3)75-33-49-98-86(61-75)87-62-76(110(4,5)6)34-50-99(87)122(98)83-43-47-96-104(67-83)120(81-39-27-71(28-40-81)73-31-45-92-94(59-73)117(23,24)57-55-115(92,19)20)106-69-85(124-102-53-37-79(113(13,14)15)65-90(102)91-66-80(114(16,17)18)38-54-103(91)124)70-107-108(106)119(96)97-48-44-84(123-100-51-35-77(111(7,8)9)63-88(100)89-64-78(112(10,11)12)36-52-101(89)123)68-105(97)121(107)82-41-29-72(30-42-82)74-32-46-93-95(60-74)118(25,26)58-56-116(93,21)22/h27-54,59-70H,55-58H2,1-26H3. The molecule has 0 radical (unpaired) electrons. The highest BCUT2D eigenvalue weighted by Gasteiger charge is 2.46. The van der Waals surface area contributed by atoms with Crippen molar-refractivity contribution in [3.05, 3.63) is 298 Å². The number of anilines is 6. The molecule has 626 valence electrons. The summed E-state index contributed by atoms with van der Waals surface area (Å²) in [5.41, 5.74) is 39.8. The van der Waals surface area contributed by atoms with E-state index in [4.69, 9.17) is 0 Å². The summed E-state index contributed by atoms with van der Waals surface area (Å²) >= 11 is 0. The second kappa shape index (κ2) is 27.2. The Morgan fingerprint density at radius 1 is 0.218 bits per heavy atom. The predicted molar refractivity (Wildman–Crippen MR) is 537 cm³/mol. The van der Waals surface area contributed by atoms with Gasteiger partial charge < -0.3 is 23.5 Å². The summed E-state index contributed by atoms with van der Waals surface area (Å²) < 4.78 is 7.78. The number of fused-ring (bicyclic) bond motifs is 15. The topological polar surface area (TPSA) is 21.3 Å². The molecule has 2 aliphatic carbocycles. The summed E-state index contributed by atoms with van der Waals surface area (Å²) in [6.07, 6.45) is 4.67. The van der Waals surface area contributed by atoms with E-state index in [0.29, 0.717) is 0 Å². The summed E-state index contributed by atoms with van der Waals surface area (Å²) in [6, 6.07) is 98.3. The minimum absolute atomic E-state index is 0.0571. The molecule has 2 aliphatic heterocycles. The van der Waals surface area contributed by atoms with Gasteiger partial charge in [-0.3, -0.25) is 0 Å². The highest BCUT2D eigenvalue weighted by atomic mass is 15.2. The van der Waals surface area contributed by atoms with Crippen LogP contribution in [0.5, 0.6) is 0 Å². The lowest BCUT2D eigenvalue weighted by Gasteiger charge is -2.44. The third-order valence-corrected chi connectivity index (χ3v) is 29.9. The van der Waals surface area contributed by atoms with Crippen LogP contribution in [0.2, 0.25) is 0 Å². The maximum absolute atomic E-state index is 2.68. The summed E-state index contributed by atoms with van der Waals surface area (Å²) in [5, 5.41) is 7.62. The van der Waals surface area contributed by atoms with E-state index < -0.39 is 0 Å². The molecule has 0 atom stereocenters. The fourth-order valence-electron chi connectivity index (χ4n) is 21.8. The number of benzene rings is 13. The molecule has 0 saturated carbocycles. The Kier molecular flexibility index (Phi) is 17.8. The summed E-state index contributed by atoms with van der Waals surface area (Å²) in [7, 11) is 0. The van der Waals surface area contributed by atoms with Crippen LogP contribution in [0, 0.1) is 0 Å². The molecule has 0 N–H and O–H groups in total. The summed E-state index contributed by atoms with van der Waals surface area (Å²) in [4.78, 5) is 5.36. The van der Waals surface area contributed by atoms with Crippen molar-refractivity contribution in [3.8, 4) is 39.3 Å². The van der Waals surface area contributed by atoms with E-state index in [1.807, 2.05) is 0 Å². The van der Waals surface area contributed by atoms with Gasteiger partial charge in [0.2, 0.25) is 0 Å². The van der Waals surface area contributed by atoms with Gasteiger partial charge in [-0.1, -0.05) is 289 Å². The summed E-state index contributed by atoms with van der Waals surface area (Å²) in [5.74, 6) is 0. The number of hydrogen-bond donors (Lipinski definition) is 0. The zero-order valence-electron chi connectivity index (χ0n) is 78.7. The van der Waals surface area contributed by atoms with Gasteiger partial charge in [0, 0.05) is 77.8 Å². The lowest BCUT2D eigenvalue weighted by atomic mass is 9.33. The predicted octanol–water partition coefficient (Wildman–Crippen LogP) is 30.9. The van der Waals surface area contributed by atoms with Gasteiger partial charge in [0.15, 0.2) is 0 Å². The third-order valence-electron chi connectivity index (χ3n) is 29.9.